The van der Waals surface area contributed by atoms with E-state index in [1.807, 2.05) is 6.20 Å². The second-order valence-electron chi connectivity index (χ2n) is 5.42. The summed E-state index contributed by atoms with van der Waals surface area (Å²) in [6.45, 7) is 6.13. The summed E-state index contributed by atoms with van der Waals surface area (Å²) in [4.78, 5) is 10.7. The summed E-state index contributed by atoms with van der Waals surface area (Å²) in [6, 6.07) is 0.843. The molecule has 19 heavy (non-hydrogen) atoms. The summed E-state index contributed by atoms with van der Waals surface area (Å²) < 4.78 is 0. The number of nitrogens with zero attached hydrogens (tertiary/aromatic N) is 3. The van der Waals surface area contributed by atoms with Crippen molar-refractivity contribution in [3.8, 4) is 0 Å². The molecule has 0 aromatic carbocycles. The van der Waals surface area contributed by atoms with Crippen LogP contribution in [0.1, 0.15) is 30.6 Å². The minimum absolute atomic E-state index is 0. The number of piperidine rings is 1. The van der Waals surface area contributed by atoms with Gasteiger partial charge < -0.3 is 10.6 Å². The van der Waals surface area contributed by atoms with E-state index in [0.29, 0.717) is 5.13 Å². The summed E-state index contributed by atoms with van der Waals surface area (Å²) in [6.07, 6.45) is 7.38. The average molecular weight is 303 g/mol. The van der Waals surface area contributed by atoms with Crippen molar-refractivity contribution in [1.29, 1.82) is 0 Å². The number of rotatable bonds is 3. The summed E-state index contributed by atoms with van der Waals surface area (Å²) in [5.74, 6) is 0. The van der Waals surface area contributed by atoms with E-state index in [9.17, 15) is 0 Å². The molecule has 2 fully saturated rings. The van der Waals surface area contributed by atoms with Crippen molar-refractivity contribution in [2.24, 2.45) is 0 Å². The number of hydrogen-bond acceptors (Lipinski definition) is 5. The molecular weight excluding hydrogens is 280 g/mol. The molecule has 0 spiro atoms. The predicted molar refractivity (Wildman–Crippen MR) is 82.9 cm³/mol. The highest BCUT2D eigenvalue weighted by atomic mass is 35.5. The topological polar surface area (TPSA) is 45.4 Å². The lowest BCUT2D eigenvalue weighted by Crippen LogP contribution is -2.43. The zero-order valence-corrected chi connectivity index (χ0v) is 12.9. The van der Waals surface area contributed by atoms with Gasteiger partial charge in [-0.25, -0.2) is 4.98 Å². The van der Waals surface area contributed by atoms with Gasteiger partial charge in [-0.2, -0.15) is 0 Å². The molecule has 6 heteroatoms. The van der Waals surface area contributed by atoms with Crippen molar-refractivity contribution in [1.82, 2.24) is 14.8 Å². The van der Waals surface area contributed by atoms with Crippen LogP contribution in [0.2, 0.25) is 0 Å². The molecule has 3 rings (SSSR count). The van der Waals surface area contributed by atoms with Crippen molar-refractivity contribution in [3.05, 3.63) is 11.1 Å². The van der Waals surface area contributed by atoms with Crippen molar-refractivity contribution in [2.45, 2.75) is 38.3 Å². The second-order valence-corrected chi connectivity index (χ2v) is 6.56. The van der Waals surface area contributed by atoms with Crippen molar-refractivity contribution < 1.29 is 0 Å². The molecule has 0 radical (unpaired) electrons. The molecule has 3 heterocycles. The lowest BCUT2D eigenvalue weighted by atomic mass is 10.0. The first-order valence-electron chi connectivity index (χ1n) is 6.98. The van der Waals surface area contributed by atoms with E-state index in [2.05, 4.69) is 14.8 Å². The first-order chi connectivity index (χ1) is 8.81. The van der Waals surface area contributed by atoms with Gasteiger partial charge in [-0.05, 0) is 38.8 Å². The Morgan fingerprint density at radius 2 is 1.89 bits per heavy atom. The minimum Gasteiger partial charge on any atom is -0.375 e. The molecule has 0 atom stereocenters. The molecule has 108 valence electrons. The Hall–Kier alpha value is -0.360. The molecule has 0 saturated carbocycles. The molecule has 2 N–H and O–H groups in total. The Bertz CT molecular complexity index is 384. The van der Waals surface area contributed by atoms with Gasteiger partial charge in [0.05, 0.1) is 0 Å². The fraction of sp³-hybridized carbons (Fsp3) is 0.769. The first-order valence-corrected chi connectivity index (χ1v) is 7.79. The van der Waals surface area contributed by atoms with E-state index in [1.54, 1.807) is 11.3 Å². The Kier molecular flexibility index (Phi) is 5.45. The molecule has 2 aliphatic heterocycles. The van der Waals surface area contributed by atoms with Crippen LogP contribution in [0.5, 0.6) is 0 Å². The van der Waals surface area contributed by atoms with E-state index in [-0.39, 0.29) is 12.4 Å². The van der Waals surface area contributed by atoms with Gasteiger partial charge in [0.25, 0.3) is 0 Å². The van der Waals surface area contributed by atoms with Gasteiger partial charge in [0.1, 0.15) is 0 Å². The highest BCUT2D eigenvalue weighted by Gasteiger charge is 2.26. The lowest BCUT2D eigenvalue weighted by Gasteiger charge is -2.36. The summed E-state index contributed by atoms with van der Waals surface area (Å²) in [5, 5.41) is 0.692. The van der Waals surface area contributed by atoms with Crippen LogP contribution in [0.15, 0.2) is 6.20 Å². The monoisotopic (exact) mass is 302 g/mol. The molecule has 1 aromatic heterocycles. The summed E-state index contributed by atoms with van der Waals surface area (Å²) >= 11 is 1.62. The fourth-order valence-corrected chi connectivity index (χ4v) is 3.89. The highest BCUT2D eigenvalue weighted by Crippen LogP contribution is 2.23. The maximum Gasteiger partial charge on any atom is 0.180 e. The lowest BCUT2D eigenvalue weighted by molar-refractivity contribution is 0.123. The average Bonchev–Trinajstić information content (AvgIpc) is 3.02. The number of anilines is 1. The summed E-state index contributed by atoms with van der Waals surface area (Å²) in [5.41, 5.74) is 5.67. The number of thiazole rings is 1. The third-order valence-corrected chi connectivity index (χ3v) is 4.98. The SMILES string of the molecule is Cl.Nc1ncc(CN2CCC(N3CCCC3)CC2)s1. The highest BCUT2D eigenvalue weighted by molar-refractivity contribution is 7.15. The third kappa shape index (κ3) is 3.81. The molecular formula is C13H23ClN4S. The molecule has 2 saturated heterocycles. The van der Waals surface area contributed by atoms with Crippen LogP contribution in [-0.2, 0) is 6.54 Å². The van der Waals surface area contributed by atoms with Gasteiger partial charge in [0.2, 0.25) is 0 Å². The van der Waals surface area contributed by atoms with Crippen LogP contribution in [0.3, 0.4) is 0 Å². The molecule has 1 aromatic rings. The normalized spacial score (nSPS) is 22.5. The van der Waals surface area contributed by atoms with Gasteiger partial charge in [-0.15, -0.1) is 23.7 Å². The second kappa shape index (κ2) is 6.88. The minimum atomic E-state index is 0. The Labute approximate surface area is 125 Å². The van der Waals surface area contributed by atoms with Crippen LogP contribution in [0.4, 0.5) is 5.13 Å². The van der Waals surface area contributed by atoms with Gasteiger partial charge >= 0.3 is 0 Å². The molecule has 0 aliphatic carbocycles. The van der Waals surface area contributed by atoms with E-state index < -0.39 is 0 Å². The first kappa shape index (κ1) is 15.0. The van der Waals surface area contributed by atoms with Gasteiger partial charge in [0, 0.05) is 36.8 Å². The molecule has 4 nitrogen and oxygen atoms in total. The van der Waals surface area contributed by atoms with Crippen LogP contribution in [-0.4, -0.2) is 47.0 Å². The van der Waals surface area contributed by atoms with Crippen LogP contribution < -0.4 is 5.73 Å². The van der Waals surface area contributed by atoms with E-state index >= 15 is 0 Å². The smallest absolute Gasteiger partial charge is 0.180 e. The van der Waals surface area contributed by atoms with Crippen molar-refractivity contribution in [3.63, 3.8) is 0 Å². The Balaban J connectivity index is 0.00000133. The van der Waals surface area contributed by atoms with Crippen LogP contribution in [0.25, 0.3) is 0 Å². The largest absolute Gasteiger partial charge is 0.375 e. The quantitative estimate of drug-likeness (QED) is 0.930. The third-order valence-electron chi connectivity index (χ3n) is 4.17. The van der Waals surface area contributed by atoms with Crippen LogP contribution >= 0.6 is 23.7 Å². The van der Waals surface area contributed by atoms with Crippen LogP contribution in [0, 0.1) is 0 Å². The molecule has 0 unspecified atom stereocenters. The number of hydrogen-bond donors (Lipinski definition) is 1. The number of nitrogen functional groups attached to an aromatic ring is 1. The van der Waals surface area contributed by atoms with Crippen molar-refractivity contribution >= 4 is 28.9 Å². The van der Waals surface area contributed by atoms with Gasteiger partial charge in [0.15, 0.2) is 5.13 Å². The maximum absolute atomic E-state index is 5.67. The molecule has 0 bridgehead atoms. The number of nitrogens with two attached hydrogens (primary N) is 1. The summed E-state index contributed by atoms with van der Waals surface area (Å²) in [7, 11) is 0. The van der Waals surface area contributed by atoms with Gasteiger partial charge in [-0.1, -0.05) is 0 Å². The van der Waals surface area contributed by atoms with E-state index in [0.717, 1.165) is 12.6 Å². The maximum atomic E-state index is 5.67. The number of halogens is 1. The van der Waals surface area contributed by atoms with E-state index in [4.69, 9.17) is 5.73 Å². The van der Waals surface area contributed by atoms with Gasteiger partial charge in [-0.3, -0.25) is 4.90 Å². The van der Waals surface area contributed by atoms with E-state index in [1.165, 1.54) is 56.7 Å². The molecule has 2 aliphatic rings. The predicted octanol–water partition coefficient (Wildman–Crippen LogP) is 2.21. The zero-order valence-electron chi connectivity index (χ0n) is 11.3. The Morgan fingerprint density at radius 1 is 1.21 bits per heavy atom. The zero-order chi connectivity index (χ0) is 12.4. The standard InChI is InChI=1S/C13H22N4S.ClH/c14-13-15-9-12(18-13)10-16-7-3-11(4-8-16)17-5-1-2-6-17;/h9,11H,1-8,10H2,(H2,14,15);1H. The number of likely N-dealkylation sites (tertiary alicyclic amines) is 2. The molecule has 0 amide bonds. The Morgan fingerprint density at radius 3 is 2.47 bits per heavy atom. The van der Waals surface area contributed by atoms with Crippen molar-refractivity contribution in [2.75, 3.05) is 31.9 Å². The fourth-order valence-electron chi connectivity index (χ4n) is 3.17. The number of aromatic nitrogens is 1.